The molecular formula is C18H20N4O3. The van der Waals surface area contributed by atoms with Gasteiger partial charge in [0.1, 0.15) is 6.10 Å². The van der Waals surface area contributed by atoms with Gasteiger partial charge in [0.15, 0.2) is 0 Å². The molecule has 0 radical (unpaired) electrons. The van der Waals surface area contributed by atoms with Crippen LogP contribution in [0.5, 0.6) is 5.88 Å². The Kier molecular flexibility index (Phi) is 5.23. The molecule has 3 rings (SSSR count). The van der Waals surface area contributed by atoms with Gasteiger partial charge in [-0.05, 0) is 18.2 Å². The Labute approximate surface area is 146 Å². The molecule has 1 N–H and O–H groups in total. The average Bonchev–Trinajstić information content (AvgIpc) is 2.64. The normalized spacial score (nSPS) is 14.8. The molecule has 1 aliphatic heterocycles. The minimum absolute atomic E-state index is 0.0265. The predicted octanol–water partition coefficient (Wildman–Crippen LogP) is 2.12. The van der Waals surface area contributed by atoms with E-state index in [4.69, 9.17) is 4.74 Å². The van der Waals surface area contributed by atoms with Crippen molar-refractivity contribution in [2.75, 3.05) is 18.4 Å². The molecule has 0 aromatic carbocycles. The lowest BCUT2D eigenvalue weighted by atomic mass is 10.1. The van der Waals surface area contributed by atoms with Gasteiger partial charge in [0.2, 0.25) is 11.8 Å². The van der Waals surface area contributed by atoms with E-state index in [0.29, 0.717) is 30.2 Å². The number of likely N-dealkylation sites (tertiary alicyclic amines) is 1. The van der Waals surface area contributed by atoms with Crippen LogP contribution in [-0.4, -0.2) is 45.9 Å². The standard InChI is InChI=1S/C18H20N4O3/c1-13(23)21-15-2-3-17(20-12-15)25-16-6-10-22(11-7-16)18(24)14-4-8-19-9-5-14/h2-5,8-9,12,16H,6-7,10-11H2,1H3,(H,21,23). The van der Waals surface area contributed by atoms with Gasteiger partial charge in [-0.25, -0.2) is 4.98 Å². The lowest BCUT2D eigenvalue weighted by Crippen LogP contribution is -2.41. The zero-order chi connectivity index (χ0) is 17.6. The molecule has 130 valence electrons. The van der Waals surface area contributed by atoms with E-state index in [1.165, 1.54) is 6.92 Å². The fraction of sp³-hybridized carbons (Fsp3) is 0.333. The first-order valence-corrected chi connectivity index (χ1v) is 8.21. The number of amides is 2. The van der Waals surface area contributed by atoms with Gasteiger partial charge < -0.3 is 15.0 Å². The van der Waals surface area contributed by atoms with E-state index < -0.39 is 0 Å². The van der Waals surface area contributed by atoms with Gasteiger partial charge >= 0.3 is 0 Å². The molecule has 7 heteroatoms. The molecule has 0 aliphatic carbocycles. The third-order valence-corrected chi connectivity index (χ3v) is 4.00. The van der Waals surface area contributed by atoms with E-state index >= 15 is 0 Å². The van der Waals surface area contributed by atoms with Crippen LogP contribution in [0.4, 0.5) is 5.69 Å². The quantitative estimate of drug-likeness (QED) is 0.921. The van der Waals surface area contributed by atoms with Crippen LogP contribution in [0, 0.1) is 0 Å². The Balaban J connectivity index is 1.51. The van der Waals surface area contributed by atoms with Crippen molar-refractivity contribution in [3.63, 3.8) is 0 Å². The molecule has 1 fully saturated rings. The molecule has 0 unspecified atom stereocenters. The van der Waals surface area contributed by atoms with Crippen LogP contribution < -0.4 is 10.1 Å². The summed E-state index contributed by atoms with van der Waals surface area (Å²) in [5, 5.41) is 2.66. The highest BCUT2D eigenvalue weighted by molar-refractivity contribution is 5.94. The van der Waals surface area contributed by atoms with Crippen LogP contribution in [0.2, 0.25) is 0 Å². The largest absolute Gasteiger partial charge is 0.474 e. The van der Waals surface area contributed by atoms with E-state index in [-0.39, 0.29) is 17.9 Å². The van der Waals surface area contributed by atoms with E-state index in [9.17, 15) is 9.59 Å². The summed E-state index contributed by atoms with van der Waals surface area (Å²) in [6, 6.07) is 6.95. The minimum atomic E-state index is -0.137. The third-order valence-electron chi connectivity index (χ3n) is 4.00. The number of piperidine rings is 1. The zero-order valence-electron chi connectivity index (χ0n) is 14.0. The van der Waals surface area contributed by atoms with Crippen LogP contribution in [0.3, 0.4) is 0 Å². The number of hydrogen-bond donors (Lipinski definition) is 1. The predicted molar refractivity (Wildman–Crippen MR) is 92.3 cm³/mol. The molecule has 25 heavy (non-hydrogen) atoms. The van der Waals surface area contributed by atoms with Crippen LogP contribution in [0.15, 0.2) is 42.9 Å². The fourth-order valence-electron chi connectivity index (χ4n) is 2.75. The van der Waals surface area contributed by atoms with Crippen molar-refractivity contribution < 1.29 is 14.3 Å². The monoisotopic (exact) mass is 340 g/mol. The molecule has 2 aromatic rings. The Morgan fingerprint density at radius 2 is 1.88 bits per heavy atom. The van der Waals surface area contributed by atoms with Crippen molar-refractivity contribution >= 4 is 17.5 Å². The molecule has 3 heterocycles. The van der Waals surface area contributed by atoms with Gasteiger partial charge in [-0.1, -0.05) is 0 Å². The smallest absolute Gasteiger partial charge is 0.253 e. The number of rotatable bonds is 4. The number of hydrogen-bond acceptors (Lipinski definition) is 5. The van der Waals surface area contributed by atoms with Gasteiger partial charge in [-0.3, -0.25) is 14.6 Å². The summed E-state index contributed by atoms with van der Waals surface area (Å²) in [4.78, 5) is 33.4. The van der Waals surface area contributed by atoms with E-state index in [0.717, 1.165) is 12.8 Å². The number of carbonyl (C=O) groups is 2. The third kappa shape index (κ3) is 4.53. The lowest BCUT2D eigenvalue weighted by Gasteiger charge is -2.32. The first-order valence-electron chi connectivity index (χ1n) is 8.21. The van der Waals surface area contributed by atoms with Crippen LogP contribution in [0.1, 0.15) is 30.1 Å². The summed E-state index contributed by atoms with van der Waals surface area (Å²) >= 11 is 0. The van der Waals surface area contributed by atoms with Crippen molar-refractivity contribution in [3.05, 3.63) is 48.4 Å². The maximum atomic E-state index is 12.4. The number of ether oxygens (including phenoxy) is 1. The SMILES string of the molecule is CC(=O)Nc1ccc(OC2CCN(C(=O)c3ccncc3)CC2)nc1. The van der Waals surface area contributed by atoms with Gasteiger partial charge in [-0.15, -0.1) is 0 Å². The zero-order valence-corrected chi connectivity index (χ0v) is 14.0. The second kappa shape index (κ2) is 7.74. The van der Waals surface area contributed by atoms with Crippen molar-refractivity contribution in [1.29, 1.82) is 0 Å². The second-order valence-corrected chi connectivity index (χ2v) is 5.91. The average molecular weight is 340 g/mol. The molecule has 0 saturated carbocycles. The highest BCUT2D eigenvalue weighted by Crippen LogP contribution is 2.19. The highest BCUT2D eigenvalue weighted by atomic mass is 16.5. The molecule has 1 saturated heterocycles. The second-order valence-electron chi connectivity index (χ2n) is 5.91. The number of anilines is 1. The van der Waals surface area contributed by atoms with E-state index in [1.807, 2.05) is 4.90 Å². The molecule has 7 nitrogen and oxygen atoms in total. The van der Waals surface area contributed by atoms with Crippen LogP contribution >= 0.6 is 0 Å². The first kappa shape index (κ1) is 16.9. The maximum absolute atomic E-state index is 12.4. The Morgan fingerprint density at radius 3 is 2.48 bits per heavy atom. The molecule has 2 aromatic heterocycles. The molecule has 0 bridgehead atoms. The number of carbonyl (C=O) groups excluding carboxylic acids is 2. The van der Waals surface area contributed by atoms with Crippen LogP contribution in [-0.2, 0) is 4.79 Å². The van der Waals surface area contributed by atoms with E-state index in [2.05, 4.69) is 15.3 Å². The van der Waals surface area contributed by atoms with E-state index in [1.54, 1.807) is 42.9 Å². The molecule has 0 atom stereocenters. The summed E-state index contributed by atoms with van der Waals surface area (Å²) in [5.41, 5.74) is 1.29. The lowest BCUT2D eigenvalue weighted by molar-refractivity contribution is -0.114. The fourth-order valence-corrected chi connectivity index (χ4v) is 2.75. The van der Waals surface area contributed by atoms with Crippen LogP contribution in [0.25, 0.3) is 0 Å². The minimum Gasteiger partial charge on any atom is -0.474 e. The first-order chi connectivity index (χ1) is 12.1. The maximum Gasteiger partial charge on any atom is 0.253 e. The molecule has 2 amide bonds. The molecule has 0 spiro atoms. The van der Waals surface area contributed by atoms with Crippen molar-refractivity contribution in [1.82, 2.24) is 14.9 Å². The van der Waals surface area contributed by atoms with Crippen molar-refractivity contribution in [2.45, 2.75) is 25.9 Å². The Morgan fingerprint density at radius 1 is 1.16 bits per heavy atom. The van der Waals surface area contributed by atoms with Crippen molar-refractivity contribution in [3.8, 4) is 5.88 Å². The summed E-state index contributed by atoms with van der Waals surface area (Å²) in [6.07, 6.45) is 6.36. The molecular weight excluding hydrogens is 320 g/mol. The highest BCUT2D eigenvalue weighted by Gasteiger charge is 2.24. The van der Waals surface area contributed by atoms with Crippen molar-refractivity contribution in [2.24, 2.45) is 0 Å². The number of aromatic nitrogens is 2. The summed E-state index contributed by atoms with van der Waals surface area (Å²) in [5.74, 6) is 0.411. The summed E-state index contributed by atoms with van der Waals surface area (Å²) in [7, 11) is 0. The summed E-state index contributed by atoms with van der Waals surface area (Å²) in [6.45, 7) is 2.75. The Bertz CT molecular complexity index is 726. The molecule has 1 aliphatic rings. The number of nitrogens with one attached hydrogen (secondary N) is 1. The topological polar surface area (TPSA) is 84.4 Å². The number of nitrogens with zero attached hydrogens (tertiary/aromatic N) is 3. The Hall–Kier alpha value is -2.96. The van der Waals surface area contributed by atoms with Gasteiger partial charge in [0.25, 0.3) is 5.91 Å². The van der Waals surface area contributed by atoms with Gasteiger partial charge in [0.05, 0.1) is 11.9 Å². The van der Waals surface area contributed by atoms with Gasteiger partial charge in [0, 0.05) is 56.9 Å². The number of pyridine rings is 2. The van der Waals surface area contributed by atoms with Gasteiger partial charge in [-0.2, -0.15) is 0 Å². The summed E-state index contributed by atoms with van der Waals surface area (Å²) < 4.78 is 5.88.